The summed E-state index contributed by atoms with van der Waals surface area (Å²) < 4.78 is 16.3. The molecule has 0 radical (unpaired) electrons. The van der Waals surface area contributed by atoms with Gasteiger partial charge < -0.3 is 10.0 Å². The van der Waals surface area contributed by atoms with Crippen molar-refractivity contribution in [2.24, 2.45) is 32.2 Å². The fourth-order valence-electron chi connectivity index (χ4n) is 4.61. The van der Waals surface area contributed by atoms with E-state index in [4.69, 9.17) is 17.0 Å². The van der Waals surface area contributed by atoms with E-state index in [1.165, 1.54) is 6.20 Å². The van der Waals surface area contributed by atoms with Crippen LogP contribution in [0.5, 0.6) is 0 Å². The van der Waals surface area contributed by atoms with E-state index in [2.05, 4.69) is 39.3 Å². The number of alkyl halides is 1. The Morgan fingerprint density at radius 1 is 1.27 bits per heavy atom. The van der Waals surface area contributed by atoms with Gasteiger partial charge >= 0.3 is 6.09 Å². The average molecular weight is 572 g/mol. The summed E-state index contributed by atoms with van der Waals surface area (Å²) in [4.78, 5) is 30.4. The van der Waals surface area contributed by atoms with Crippen molar-refractivity contribution in [1.82, 2.24) is 15.2 Å². The lowest BCUT2D eigenvalue weighted by molar-refractivity contribution is 0.0158. The number of carbonyl (C=O) groups is 1. The minimum Gasteiger partial charge on any atom is -0.465 e. The Bertz CT molecular complexity index is 1300. The first kappa shape index (κ1) is 31.2. The van der Waals surface area contributed by atoms with Gasteiger partial charge in [0.05, 0.1) is 11.6 Å². The fourth-order valence-corrected chi connectivity index (χ4v) is 4.76. The number of amidine groups is 3. The zero-order chi connectivity index (χ0) is 29.8. The Labute approximate surface area is 240 Å². The number of nitrogens with one attached hydrogen (secondary N) is 2. The third kappa shape index (κ3) is 7.43. The van der Waals surface area contributed by atoms with Crippen molar-refractivity contribution in [2.75, 3.05) is 13.1 Å². The summed E-state index contributed by atoms with van der Waals surface area (Å²) in [5, 5.41) is 19.9. The minimum absolute atomic E-state index is 0.0274. The Balaban J connectivity index is 2.26. The van der Waals surface area contributed by atoms with E-state index >= 15 is 4.39 Å². The second-order valence-electron chi connectivity index (χ2n) is 11.9. The van der Waals surface area contributed by atoms with Crippen LogP contribution in [0.25, 0.3) is 5.70 Å². The first-order chi connectivity index (χ1) is 18.6. The minimum atomic E-state index is -1.61. The molecule has 11 heteroatoms. The molecule has 0 bridgehead atoms. The standard InChI is InChI=1S/C29H39ClFN7O2/c1-17-8-10-19(11-9-17)15-38(16-29(6,31)28(3,4)5)23-12-22(20-13-34-14-21(30)18(20)2)35-26(37-25(23)33-7)24(32)36-27(39)40/h13-14,17,19H,7-11,15-16H2,1-6H3,(H2,32,36)(H,39,40). The SMILES string of the molecule is C=NC1=NC(C(=N)NC(=O)O)=NC(c2cncc(Cl)c2C)=C=C1N(CC1CCC(C)CC1)CC(C)(F)C(C)(C)C. The van der Waals surface area contributed by atoms with E-state index in [1.54, 1.807) is 20.0 Å². The summed E-state index contributed by atoms with van der Waals surface area (Å²) in [7, 11) is 0. The smallest absolute Gasteiger partial charge is 0.410 e. The van der Waals surface area contributed by atoms with Crippen LogP contribution in [0.3, 0.4) is 0 Å². The number of aromatic nitrogens is 1. The topological polar surface area (TPSA) is 126 Å². The molecular formula is C29H39ClFN7O2. The van der Waals surface area contributed by atoms with Crippen LogP contribution in [0.1, 0.15) is 71.4 Å². The summed E-state index contributed by atoms with van der Waals surface area (Å²) >= 11 is 6.37. The number of hydrogen-bond acceptors (Lipinski definition) is 7. The normalized spacial score (nSPS) is 21.1. The molecule has 1 aromatic heterocycles. The van der Waals surface area contributed by atoms with Crippen LogP contribution < -0.4 is 5.32 Å². The van der Waals surface area contributed by atoms with Crippen molar-refractivity contribution >= 4 is 47.6 Å². The summed E-state index contributed by atoms with van der Waals surface area (Å²) in [6.45, 7) is 15.5. The van der Waals surface area contributed by atoms with Gasteiger partial charge in [-0.15, -0.1) is 0 Å². The predicted octanol–water partition coefficient (Wildman–Crippen LogP) is 6.53. The molecule has 40 heavy (non-hydrogen) atoms. The van der Waals surface area contributed by atoms with E-state index in [0.29, 0.717) is 40.2 Å². The molecule has 0 saturated heterocycles. The third-order valence-corrected chi connectivity index (χ3v) is 8.26. The molecule has 1 saturated carbocycles. The molecule has 9 nitrogen and oxygen atoms in total. The second kappa shape index (κ2) is 12.4. The highest BCUT2D eigenvalue weighted by Gasteiger charge is 2.41. The molecule has 1 amide bonds. The zero-order valence-electron chi connectivity index (χ0n) is 24.1. The molecule has 1 aromatic rings. The van der Waals surface area contributed by atoms with Gasteiger partial charge in [-0.3, -0.25) is 15.7 Å². The number of amides is 1. The van der Waals surface area contributed by atoms with Crippen molar-refractivity contribution in [3.63, 3.8) is 0 Å². The largest absolute Gasteiger partial charge is 0.465 e. The number of nitrogens with zero attached hydrogens (tertiary/aromatic N) is 5. The van der Waals surface area contributed by atoms with E-state index in [9.17, 15) is 9.90 Å². The number of carboxylic acid groups (broad SMARTS) is 1. The maximum atomic E-state index is 16.3. The quantitative estimate of drug-likeness (QED) is 0.195. The van der Waals surface area contributed by atoms with Crippen LogP contribution in [-0.2, 0) is 0 Å². The Hall–Kier alpha value is -3.36. The molecule has 1 fully saturated rings. The van der Waals surface area contributed by atoms with Gasteiger partial charge in [0.25, 0.3) is 0 Å². The van der Waals surface area contributed by atoms with E-state index in [-0.39, 0.29) is 23.9 Å². The predicted molar refractivity (Wildman–Crippen MR) is 159 cm³/mol. The van der Waals surface area contributed by atoms with Gasteiger partial charge in [-0.2, -0.15) is 0 Å². The molecule has 1 aliphatic heterocycles. The van der Waals surface area contributed by atoms with Gasteiger partial charge in [-0.05, 0) is 56.2 Å². The number of rotatable bonds is 7. The summed E-state index contributed by atoms with van der Waals surface area (Å²) in [6.07, 6.45) is 5.85. The maximum absolute atomic E-state index is 16.3. The second-order valence-corrected chi connectivity index (χ2v) is 12.3. The first-order valence-corrected chi connectivity index (χ1v) is 13.8. The monoisotopic (exact) mass is 571 g/mol. The summed E-state index contributed by atoms with van der Waals surface area (Å²) in [5.41, 5.74) is 2.74. The maximum Gasteiger partial charge on any atom is 0.410 e. The molecule has 1 atom stereocenters. The molecule has 3 N–H and O–H groups in total. The van der Waals surface area contributed by atoms with E-state index < -0.39 is 23.0 Å². The Kier molecular flexibility index (Phi) is 9.69. The number of halogens is 2. The Morgan fingerprint density at radius 3 is 2.50 bits per heavy atom. The van der Waals surface area contributed by atoms with Crippen molar-refractivity contribution in [3.05, 3.63) is 40.0 Å². The van der Waals surface area contributed by atoms with Gasteiger partial charge in [-0.1, -0.05) is 57.9 Å². The summed E-state index contributed by atoms with van der Waals surface area (Å²) in [5.74, 6) is 0.239. The molecule has 216 valence electrons. The van der Waals surface area contributed by atoms with Gasteiger partial charge in [0.1, 0.15) is 17.1 Å². The van der Waals surface area contributed by atoms with Crippen LogP contribution in [0, 0.1) is 29.6 Å². The zero-order valence-corrected chi connectivity index (χ0v) is 24.9. The van der Waals surface area contributed by atoms with Crippen LogP contribution in [0.2, 0.25) is 5.02 Å². The molecular weight excluding hydrogens is 533 g/mol. The summed E-state index contributed by atoms with van der Waals surface area (Å²) in [6, 6.07) is 0. The lowest BCUT2D eigenvalue weighted by Crippen LogP contribution is -2.48. The molecule has 0 spiro atoms. The van der Waals surface area contributed by atoms with E-state index in [0.717, 1.165) is 25.7 Å². The molecule has 2 heterocycles. The fraction of sp³-hybridized carbons (Fsp3) is 0.552. The molecule has 1 aliphatic carbocycles. The molecule has 0 aromatic carbocycles. The lowest BCUT2D eigenvalue weighted by atomic mass is 9.78. The van der Waals surface area contributed by atoms with Crippen LogP contribution in [0.4, 0.5) is 9.18 Å². The number of aliphatic imine (C=N–C) groups is 3. The van der Waals surface area contributed by atoms with Crippen LogP contribution >= 0.6 is 11.6 Å². The molecule has 1 unspecified atom stereocenters. The van der Waals surface area contributed by atoms with Crippen LogP contribution in [0.15, 0.2) is 38.8 Å². The highest BCUT2D eigenvalue weighted by Crippen LogP contribution is 2.37. The van der Waals surface area contributed by atoms with Gasteiger partial charge in [0.15, 0.2) is 17.5 Å². The average Bonchev–Trinajstić information content (AvgIpc) is 3.05. The highest BCUT2D eigenvalue weighted by molar-refractivity contribution is 6.44. The van der Waals surface area contributed by atoms with Crippen molar-refractivity contribution in [2.45, 2.75) is 72.9 Å². The molecule has 3 rings (SSSR count). The van der Waals surface area contributed by atoms with Crippen LogP contribution in [-0.4, -0.2) is 64.1 Å². The first-order valence-electron chi connectivity index (χ1n) is 13.4. The number of hydrogen-bond donors (Lipinski definition) is 3. The molecule has 2 aliphatic rings. The van der Waals surface area contributed by atoms with Crippen molar-refractivity contribution < 1.29 is 14.3 Å². The van der Waals surface area contributed by atoms with Crippen molar-refractivity contribution in [3.8, 4) is 0 Å². The number of pyridine rings is 1. The van der Waals surface area contributed by atoms with Gasteiger partial charge in [-0.25, -0.2) is 24.2 Å². The lowest BCUT2D eigenvalue weighted by Gasteiger charge is -2.41. The van der Waals surface area contributed by atoms with E-state index in [1.807, 2.05) is 31.0 Å². The highest BCUT2D eigenvalue weighted by atomic mass is 35.5. The van der Waals surface area contributed by atoms with Crippen molar-refractivity contribution in [1.29, 1.82) is 5.41 Å². The van der Waals surface area contributed by atoms with Gasteiger partial charge in [0, 0.05) is 24.5 Å². The third-order valence-electron chi connectivity index (χ3n) is 7.87. The Morgan fingerprint density at radius 2 is 1.93 bits per heavy atom. The van der Waals surface area contributed by atoms with Gasteiger partial charge in [0.2, 0.25) is 0 Å².